The van der Waals surface area contributed by atoms with Crippen LogP contribution in [0.4, 0.5) is 11.4 Å². The lowest BCUT2D eigenvalue weighted by Gasteiger charge is -2.29. The van der Waals surface area contributed by atoms with E-state index in [-0.39, 0.29) is 12.7 Å². The van der Waals surface area contributed by atoms with Crippen LogP contribution in [0.25, 0.3) is 10.9 Å². The van der Waals surface area contributed by atoms with Crippen LogP contribution in [0.1, 0.15) is 11.1 Å². The minimum atomic E-state index is -1.44. The van der Waals surface area contributed by atoms with Crippen molar-refractivity contribution in [1.82, 2.24) is 10.3 Å². The molecule has 8 rings (SSSR count). The van der Waals surface area contributed by atoms with Gasteiger partial charge in [0.05, 0.1) is 28.2 Å². The Bertz CT molecular complexity index is 1750. The molecule has 9 nitrogen and oxygen atoms in total. The number of nitrogens with zero attached hydrogens (tertiary/aromatic N) is 1. The highest BCUT2D eigenvalue weighted by Crippen LogP contribution is 2.55. The zero-order valence-electron chi connectivity index (χ0n) is 20.4. The molecule has 0 radical (unpaired) electrons. The summed E-state index contributed by atoms with van der Waals surface area (Å²) in [5, 5.41) is 7.77. The number of aromatic amines is 1. The molecule has 0 saturated carbocycles. The summed E-state index contributed by atoms with van der Waals surface area (Å²) in [6.07, 6.45) is 2.35. The van der Waals surface area contributed by atoms with Crippen molar-refractivity contribution in [2.75, 3.05) is 17.0 Å². The Balaban J connectivity index is 1.28. The lowest BCUT2D eigenvalue weighted by Crippen LogP contribution is -2.53. The van der Waals surface area contributed by atoms with E-state index in [2.05, 4.69) is 15.6 Å². The van der Waals surface area contributed by atoms with Gasteiger partial charge in [-0.2, -0.15) is 0 Å². The Morgan fingerprint density at radius 2 is 1.82 bits per heavy atom. The van der Waals surface area contributed by atoms with Crippen LogP contribution in [0.2, 0.25) is 5.02 Å². The molecule has 0 aliphatic carbocycles. The average molecular weight is 541 g/mol. The van der Waals surface area contributed by atoms with Gasteiger partial charge in [-0.3, -0.25) is 19.7 Å². The number of nitrogens with one attached hydrogen (secondary N) is 3. The standard InChI is InChI=1S/C29H21ClN4O5/c30-18-6-3-5-17-25(18)32-28(37)29(17)24-23(20(33-29)10-14-12-31-19-7-2-1-4-16(14)19)26(35)34(27(24)36)15-8-9-21-22(11-15)39-13-38-21/h1-9,11-12,20,23-24,31,33H,10,13H2,(H,32,37). The highest BCUT2D eigenvalue weighted by molar-refractivity contribution is 6.35. The number of imide groups is 1. The van der Waals surface area contributed by atoms with Crippen LogP contribution in [-0.4, -0.2) is 35.5 Å². The number of halogens is 1. The monoisotopic (exact) mass is 540 g/mol. The first-order chi connectivity index (χ1) is 19.0. The minimum absolute atomic E-state index is 0.0728. The van der Waals surface area contributed by atoms with Crippen LogP contribution in [0.3, 0.4) is 0 Å². The first kappa shape index (κ1) is 22.6. The number of para-hydroxylation sites is 2. The molecule has 4 aromatic rings. The molecule has 1 aromatic heterocycles. The summed E-state index contributed by atoms with van der Waals surface area (Å²) >= 11 is 6.47. The molecular formula is C29H21ClN4O5. The van der Waals surface area contributed by atoms with Crippen LogP contribution >= 0.6 is 11.6 Å². The summed E-state index contributed by atoms with van der Waals surface area (Å²) in [6, 6.07) is 17.6. The number of ether oxygens (including phenoxy) is 2. The van der Waals surface area contributed by atoms with Crippen molar-refractivity contribution in [2.45, 2.75) is 18.0 Å². The largest absolute Gasteiger partial charge is 0.454 e. The van der Waals surface area contributed by atoms with Crippen molar-refractivity contribution in [1.29, 1.82) is 0 Å². The second-order valence-corrected chi connectivity index (χ2v) is 10.7. The molecule has 4 unspecified atom stereocenters. The Labute approximate surface area is 227 Å². The van der Waals surface area contributed by atoms with Crippen LogP contribution in [0.15, 0.2) is 66.9 Å². The van der Waals surface area contributed by atoms with Gasteiger partial charge in [-0.1, -0.05) is 41.9 Å². The van der Waals surface area contributed by atoms with E-state index in [1.54, 1.807) is 36.4 Å². The van der Waals surface area contributed by atoms with Gasteiger partial charge in [-0.25, -0.2) is 4.90 Å². The van der Waals surface area contributed by atoms with Gasteiger partial charge in [0.2, 0.25) is 24.5 Å². The third-order valence-electron chi connectivity index (χ3n) is 8.43. The first-order valence-corrected chi connectivity index (χ1v) is 13.1. The molecule has 10 heteroatoms. The van der Waals surface area contributed by atoms with Crippen molar-refractivity contribution < 1.29 is 23.9 Å². The maximum atomic E-state index is 14.2. The van der Waals surface area contributed by atoms with Crippen molar-refractivity contribution in [3.8, 4) is 11.5 Å². The predicted octanol–water partition coefficient (Wildman–Crippen LogP) is 3.72. The van der Waals surface area contributed by atoms with Crippen molar-refractivity contribution >= 4 is 51.6 Å². The topological polar surface area (TPSA) is 113 Å². The molecule has 2 saturated heterocycles. The zero-order chi connectivity index (χ0) is 26.5. The van der Waals surface area contributed by atoms with Gasteiger partial charge in [0.25, 0.3) is 0 Å². The Hall–Kier alpha value is -4.34. The minimum Gasteiger partial charge on any atom is -0.454 e. The molecule has 0 bridgehead atoms. The van der Waals surface area contributed by atoms with E-state index in [1.807, 2.05) is 30.5 Å². The summed E-state index contributed by atoms with van der Waals surface area (Å²) in [5.41, 5.74) is 1.94. The van der Waals surface area contributed by atoms with E-state index in [4.69, 9.17) is 21.1 Å². The van der Waals surface area contributed by atoms with Gasteiger partial charge in [0, 0.05) is 34.8 Å². The summed E-state index contributed by atoms with van der Waals surface area (Å²) in [5.74, 6) is -1.94. The molecule has 4 aliphatic rings. The average Bonchev–Trinajstić information content (AvgIpc) is 3.73. The van der Waals surface area contributed by atoms with Gasteiger partial charge < -0.3 is 19.8 Å². The van der Waals surface area contributed by atoms with E-state index in [0.29, 0.717) is 39.9 Å². The fourth-order valence-corrected chi connectivity index (χ4v) is 7.01. The highest BCUT2D eigenvalue weighted by atomic mass is 35.5. The van der Waals surface area contributed by atoms with E-state index < -0.39 is 35.2 Å². The summed E-state index contributed by atoms with van der Waals surface area (Å²) < 4.78 is 10.9. The molecule has 3 amide bonds. The van der Waals surface area contributed by atoms with E-state index in [9.17, 15) is 14.4 Å². The normalized spacial score (nSPS) is 26.5. The summed E-state index contributed by atoms with van der Waals surface area (Å²) in [4.78, 5) is 46.7. The number of anilines is 2. The number of carbonyl (C=O) groups excluding carboxylic acids is 3. The number of benzene rings is 3. The molecule has 5 heterocycles. The molecule has 3 aromatic carbocycles. The van der Waals surface area contributed by atoms with Crippen LogP contribution in [0.5, 0.6) is 11.5 Å². The first-order valence-electron chi connectivity index (χ1n) is 12.7. The predicted molar refractivity (Wildman–Crippen MR) is 143 cm³/mol. The van der Waals surface area contributed by atoms with Gasteiger partial charge in [-0.15, -0.1) is 0 Å². The van der Waals surface area contributed by atoms with Crippen LogP contribution in [-0.2, 0) is 26.3 Å². The molecular weight excluding hydrogens is 520 g/mol. The zero-order valence-corrected chi connectivity index (χ0v) is 21.1. The number of rotatable bonds is 3. The number of fused-ring (bicyclic) bond motifs is 6. The fraction of sp³-hybridized carbons (Fsp3) is 0.207. The second-order valence-electron chi connectivity index (χ2n) is 10.3. The van der Waals surface area contributed by atoms with Crippen LogP contribution < -0.4 is 25.0 Å². The number of amides is 3. The van der Waals surface area contributed by atoms with Crippen LogP contribution in [0, 0.1) is 11.8 Å². The SMILES string of the molecule is O=C1C2C(Cc3c[nH]c4ccccc34)NC3(C(=O)Nc4c(Cl)cccc43)C2C(=O)N1c1ccc2c(c1)OCO2. The number of hydrogen-bond acceptors (Lipinski definition) is 6. The van der Waals surface area contributed by atoms with E-state index in [0.717, 1.165) is 16.5 Å². The number of aromatic nitrogens is 1. The summed E-state index contributed by atoms with van der Waals surface area (Å²) in [7, 11) is 0. The fourth-order valence-electron chi connectivity index (χ4n) is 6.78. The van der Waals surface area contributed by atoms with Gasteiger partial charge in [-0.05, 0) is 36.2 Å². The van der Waals surface area contributed by atoms with Gasteiger partial charge in [0.15, 0.2) is 11.5 Å². The molecule has 3 N–H and O–H groups in total. The third-order valence-corrected chi connectivity index (χ3v) is 8.74. The molecule has 2 fully saturated rings. The molecule has 1 spiro atoms. The lowest BCUT2D eigenvalue weighted by molar-refractivity contribution is -0.130. The van der Waals surface area contributed by atoms with E-state index >= 15 is 0 Å². The number of H-pyrrole nitrogens is 1. The Kier molecular flexibility index (Phi) is 4.55. The highest BCUT2D eigenvalue weighted by Gasteiger charge is 2.70. The number of hydrogen-bond donors (Lipinski definition) is 3. The van der Waals surface area contributed by atoms with E-state index in [1.165, 1.54) is 4.90 Å². The molecule has 39 heavy (non-hydrogen) atoms. The quantitative estimate of drug-likeness (QED) is 0.341. The third kappa shape index (κ3) is 2.91. The van der Waals surface area contributed by atoms with Gasteiger partial charge in [0.1, 0.15) is 5.54 Å². The Morgan fingerprint density at radius 1 is 0.974 bits per heavy atom. The maximum absolute atomic E-state index is 14.2. The lowest BCUT2D eigenvalue weighted by atomic mass is 9.76. The number of carbonyl (C=O) groups is 3. The smallest absolute Gasteiger partial charge is 0.250 e. The molecule has 4 atom stereocenters. The maximum Gasteiger partial charge on any atom is 0.250 e. The van der Waals surface area contributed by atoms with Crippen molar-refractivity contribution in [3.05, 3.63) is 83.0 Å². The Morgan fingerprint density at radius 3 is 2.72 bits per heavy atom. The molecule has 4 aliphatic heterocycles. The summed E-state index contributed by atoms with van der Waals surface area (Å²) in [6.45, 7) is 0.0728. The second kappa shape index (κ2) is 7.84. The van der Waals surface area contributed by atoms with Crippen molar-refractivity contribution in [2.24, 2.45) is 11.8 Å². The van der Waals surface area contributed by atoms with Gasteiger partial charge >= 0.3 is 0 Å². The van der Waals surface area contributed by atoms with Crippen molar-refractivity contribution in [3.63, 3.8) is 0 Å². The molecule has 194 valence electrons.